The number of aromatic carboxylic acids is 1. The molecule has 2 saturated heterocycles. The van der Waals surface area contributed by atoms with Crippen LogP contribution in [0.15, 0.2) is 33.7 Å². The molecule has 4 heterocycles. The number of carbonyl (C=O) groups is 4. The van der Waals surface area contributed by atoms with Crippen LogP contribution in [0, 0.1) is 11.7 Å². The summed E-state index contributed by atoms with van der Waals surface area (Å²) in [6.45, 7) is 3.16. The Bertz CT molecular complexity index is 1770. The number of nitrogens with one attached hydrogen (secondary N) is 1. The molecule has 3 atom stereocenters. The highest BCUT2D eigenvalue weighted by Gasteiger charge is 2.57. The zero-order chi connectivity index (χ0) is 33.0. The van der Waals surface area contributed by atoms with Gasteiger partial charge in [0.15, 0.2) is 0 Å². The number of amides is 2. The number of pyridine rings is 1. The van der Waals surface area contributed by atoms with Crippen LogP contribution < -0.4 is 15.6 Å². The minimum absolute atomic E-state index is 0.0158. The summed E-state index contributed by atoms with van der Waals surface area (Å²) in [5, 5.41) is 31.2. The smallest absolute Gasteiger partial charge is 0.353 e. The van der Waals surface area contributed by atoms with Crippen molar-refractivity contribution in [2.45, 2.75) is 37.3 Å². The first-order valence-electron chi connectivity index (χ1n) is 14.6. The number of anilines is 1. The fourth-order valence-electron chi connectivity index (χ4n) is 5.96. The van der Waals surface area contributed by atoms with E-state index in [0.717, 1.165) is 47.3 Å². The van der Waals surface area contributed by atoms with Gasteiger partial charge in [-0.3, -0.25) is 19.3 Å². The molecule has 46 heavy (non-hydrogen) atoms. The van der Waals surface area contributed by atoms with E-state index in [1.807, 2.05) is 9.80 Å². The number of nitrogens with zero attached hydrogens (tertiary/aromatic N) is 4. The largest absolute Gasteiger partial charge is 0.477 e. The van der Waals surface area contributed by atoms with Gasteiger partial charge in [0, 0.05) is 48.7 Å². The highest BCUT2D eigenvalue weighted by atomic mass is 32.2. The first kappa shape index (κ1) is 32.3. The molecule has 244 valence electrons. The summed E-state index contributed by atoms with van der Waals surface area (Å²) < 4.78 is 17.5. The zero-order valence-corrected chi connectivity index (χ0v) is 26.9. The van der Waals surface area contributed by atoms with E-state index in [9.17, 15) is 39.3 Å². The minimum atomic E-state index is -1.35. The number of thiocarbonyl (C=S) groups is 1. The first-order valence-corrected chi connectivity index (χ1v) is 16.8. The molecule has 1 saturated carbocycles. The van der Waals surface area contributed by atoms with E-state index in [4.69, 9.17) is 12.2 Å². The first-order chi connectivity index (χ1) is 21.9. The third-order valence-corrected chi connectivity index (χ3v) is 11.4. The monoisotopic (exact) mass is 691 g/mol. The Hall–Kier alpha value is -3.67. The van der Waals surface area contributed by atoms with Gasteiger partial charge in [0.05, 0.1) is 35.5 Å². The van der Waals surface area contributed by atoms with Crippen LogP contribution in [0.3, 0.4) is 0 Å². The van der Waals surface area contributed by atoms with E-state index in [-0.39, 0.29) is 40.9 Å². The molecular weight excluding hydrogens is 662 g/mol. The maximum atomic E-state index is 15.3. The summed E-state index contributed by atoms with van der Waals surface area (Å²) >= 11 is 7.84. The van der Waals surface area contributed by atoms with Crippen LogP contribution in [-0.2, 0) is 14.4 Å². The molecular formula is C29H30FN5O8S3. The maximum Gasteiger partial charge on any atom is 0.353 e. The molecule has 2 amide bonds. The van der Waals surface area contributed by atoms with Gasteiger partial charge in [0.1, 0.15) is 26.8 Å². The van der Waals surface area contributed by atoms with Gasteiger partial charge in [-0.25, -0.2) is 14.0 Å². The van der Waals surface area contributed by atoms with Gasteiger partial charge in [0.2, 0.25) is 17.2 Å². The van der Waals surface area contributed by atoms with E-state index in [2.05, 4.69) is 5.32 Å². The van der Waals surface area contributed by atoms with Crippen molar-refractivity contribution >= 4 is 80.4 Å². The molecule has 3 unspecified atom stereocenters. The molecule has 0 radical (unpaired) electrons. The Morgan fingerprint density at radius 3 is 2.43 bits per heavy atom. The number of thioether (sulfide) groups is 2. The molecule has 13 nitrogen and oxygen atoms in total. The van der Waals surface area contributed by atoms with Crippen molar-refractivity contribution in [2.75, 3.05) is 43.4 Å². The number of halogens is 1. The standard InChI is InChI=1S/C29H30FN5O8S3/c1-13(36)22-25(39)35-23(28(42)43)20(46-26(22)35)10-31-21(37)12-45-29(44)33-6-4-32(5-7-33)19-9-18-15(8-17(19)30)24(38)16(27(40)41)11-34(18)14-2-3-14/h8-9,11,13-14,22,26,36H,2-7,10,12H2,1H3,(H,31,37)(H,40,41)(H,42,43). The molecule has 1 aromatic heterocycles. The van der Waals surface area contributed by atoms with Crippen molar-refractivity contribution in [1.82, 2.24) is 19.7 Å². The summed E-state index contributed by atoms with van der Waals surface area (Å²) in [7, 11) is 0. The number of hydrogen-bond donors (Lipinski definition) is 4. The number of aliphatic carboxylic acids is 1. The molecule has 6 rings (SSSR count). The Morgan fingerprint density at radius 1 is 1.13 bits per heavy atom. The lowest BCUT2D eigenvalue weighted by molar-refractivity contribution is -0.156. The van der Waals surface area contributed by atoms with Gasteiger partial charge in [-0.15, -0.1) is 0 Å². The molecule has 1 aromatic carbocycles. The molecule has 3 aliphatic heterocycles. The van der Waals surface area contributed by atoms with Crippen LogP contribution in [0.25, 0.3) is 10.9 Å². The van der Waals surface area contributed by atoms with Gasteiger partial charge in [-0.2, -0.15) is 0 Å². The van der Waals surface area contributed by atoms with Gasteiger partial charge >= 0.3 is 11.9 Å². The fourth-order valence-corrected chi connectivity index (χ4v) is 8.60. The second-order valence-corrected chi connectivity index (χ2v) is 14.3. The van der Waals surface area contributed by atoms with Crippen molar-refractivity contribution in [2.24, 2.45) is 5.92 Å². The fraction of sp³-hybridized carbons (Fsp3) is 0.448. The Balaban J connectivity index is 1.04. The number of β-lactam (4-membered cyclic amide) rings is 1. The predicted octanol–water partition coefficient (Wildman–Crippen LogP) is 1.64. The lowest BCUT2D eigenvalue weighted by Gasteiger charge is -2.43. The quantitative estimate of drug-likeness (QED) is 0.221. The summed E-state index contributed by atoms with van der Waals surface area (Å²) in [6, 6.07) is 2.80. The number of carboxylic acids is 2. The van der Waals surface area contributed by atoms with E-state index >= 15 is 4.39 Å². The van der Waals surface area contributed by atoms with E-state index < -0.39 is 46.5 Å². The Labute approximate surface area is 275 Å². The average Bonchev–Trinajstić information content (AvgIpc) is 3.80. The minimum Gasteiger partial charge on any atom is -0.477 e. The van der Waals surface area contributed by atoms with Crippen LogP contribution >= 0.6 is 35.7 Å². The highest BCUT2D eigenvalue weighted by molar-refractivity contribution is 8.23. The number of aromatic nitrogens is 1. The average molecular weight is 692 g/mol. The number of aliphatic hydroxyl groups excluding tert-OH is 1. The van der Waals surface area contributed by atoms with Crippen LogP contribution in [-0.4, -0.2) is 108 Å². The van der Waals surface area contributed by atoms with Crippen LogP contribution in [0.4, 0.5) is 10.1 Å². The van der Waals surface area contributed by atoms with Gasteiger partial charge < -0.3 is 35.0 Å². The topological polar surface area (TPSA) is 173 Å². The number of hydrogen-bond acceptors (Lipinski definition) is 10. The number of rotatable bonds is 9. The van der Waals surface area contributed by atoms with E-state index in [1.54, 1.807) is 10.6 Å². The normalized spacial score (nSPS) is 21.7. The molecule has 3 fully saturated rings. The number of carboxylic acid groups (broad SMARTS) is 2. The Morgan fingerprint density at radius 2 is 1.83 bits per heavy atom. The number of benzene rings is 1. The molecule has 4 aliphatic rings. The number of fused-ring (bicyclic) bond motifs is 2. The highest BCUT2D eigenvalue weighted by Crippen LogP contribution is 2.50. The molecule has 17 heteroatoms. The SMILES string of the molecule is CC(O)C1C(=O)N2C(C(=O)O)=C(CNC(=O)CSC(=S)N3CCN(c4cc5c(cc4F)c(=O)c(C(=O)O)cn5C4CC4)CC3)SC12. The van der Waals surface area contributed by atoms with Crippen molar-refractivity contribution < 1.29 is 38.9 Å². The summed E-state index contributed by atoms with van der Waals surface area (Å²) in [5.41, 5.74) is -0.469. The maximum absolute atomic E-state index is 15.3. The van der Waals surface area contributed by atoms with Gasteiger partial charge in [0.25, 0.3) is 0 Å². The predicted molar refractivity (Wildman–Crippen MR) is 173 cm³/mol. The van der Waals surface area contributed by atoms with Crippen LogP contribution in [0.1, 0.15) is 36.2 Å². The van der Waals surface area contributed by atoms with Gasteiger partial charge in [-0.05, 0) is 31.9 Å². The lowest BCUT2D eigenvalue weighted by atomic mass is 9.92. The van der Waals surface area contributed by atoms with Crippen molar-refractivity contribution in [3.05, 3.63) is 50.5 Å². The van der Waals surface area contributed by atoms with Crippen molar-refractivity contribution in [3.8, 4) is 0 Å². The zero-order valence-electron chi connectivity index (χ0n) is 24.5. The van der Waals surface area contributed by atoms with E-state index in [1.165, 1.54) is 13.1 Å². The number of piperazine rings is 1. The second-order valence-electron chi connectivity index (χ2n) is 11.5. The molecule has 2 aromatic rings. The summed E-state index contributed by atoms with van der Waals surface area (Å²) in [6.07, 6.45) is 2.12. The molecule has 4 N–H and O–H groups in total. The van der Waals surface area contributed by atoms with Gasteiger partial charge in [-0.1, -0.05) is 35.7 Å². The molecule has 0 spiro atoms. The molecule has 0 bridgehead atoms. The third-order valence-electron chi connectivity index (χ3n) is 8.50. The van der Waals surface area contributed by atoms with Crippen molar-refractivity contribution in [1.29, 1.82) is 0 Å². The summed E-state index contributed by atoms with van der Waals surface area (Å²) in [5.74, 6) is -4.78. The van der Waals surface area contributed by atoms with Crippen LogP contribution in [0.2, 0.25) is 0 Å². The molecule has 1 aliphatic carbocycles. The number of aliphatic hydroxyl groups is 1. The lowest BCUT2D eigenvalue weighted by Crippen LogP contribution is -2.60. The Kier molecular flexibility index (Phi) is 8.77. The third kappa shape index (κ3) is 5.84. The second kappa shape index (κ2) is 12.5. The van der Waals surface area contributed by atoms with E-state index in [0.29, 0.717) is 46.6 Å². The van der Waals surface area contributed by atoms with Crippen molar-refractivity contribution in [3.63, 3.8) is 0 Å². The summed E-state index contributed by atoms with van der Waals surface area (Å²) in [4.78, 5) is 66.4. The van der Waals surface area contributed by atoms with Crippen LogP contribution in [0.5, 0.6) is 0 Å². The number of carbonyl (C=O) groups excluding carboxylic acids is 2.